The second-order valence-corrected chi connectivity index (χ2v) is 4.35. The molecule has 7 heteroatoms. The van der Waals surface area contributed by atoms with Crippen molar-refractivity contribution in [1.29, 1.82) is 0 Å². The van der Waals surface area contributed by atoms with Gasteiger partial charge in [0.1, 0.15) is 0 Å². The fourth-order valence-electron chi connectivity index (χ4n) is 1.41. The lowest BCUT2D eigenvalue weighted by molar-refractivity contribution is 0.355. The van der Waals surface area contributed by atoms with E-state index < -0.39 is 0 Å². The van der Waals surface area contributed by atoms with Gasteiger partial charge in [0.2, 0.25) is 11.0 Å². The van der Waals surface area contributed by atoms with Gasteiger partial charge in [-0.2, -0.15) is 10.1 Å². The number of hydrazone groups is 1. The van der Waals surface area contributed by atoms with E-state index in [0.717, 1.165) is 5.56 Å². The quantitative estimate of drug-likeness (QED) is 0.649. The number of nitrogens with zero attached hydrogens (tertiary/aromatic N) is 2. The van der Waals surface area contributed by atoms with E-state index in [1.54, 1.807) is 26.5 Å². The number of benzene rings is 1. The molecule has 0 spiro atoms. The molecule has 2 aromatic rings. The lowest BCUT2D eigenvalue weighted by Crippen LogP contribution is -1.93. The molecule has 0 amide bonds. The number of hydrogen-bond acceptors (Lipinski definition) is 7. The zero-order chi connectivity index (χ0) is 13.7. The number of ether oxygens (including phenoxy) is 2. The maximum Gasteiger partial charge on any atom is 0.223 e. The van der Waals surface area contributed by atoms with E-state index in [1.165, 1.54) is 16.7 Å². The average molecular weight is 279 g/mol. The fraction of sp³-hybridized carbons (Fsp3) is 0.167. The number of rotatable bonds is 5. The van der Waals surface area contributed by atoms with E-state index in [-0.39, 0.29) is 5.88 Å². The minimum Gasteiger partial charge on any atom is -0.493 e. The number of anilines is 1. The van der Waals surface area contributed by atoms with Crippen LogP contribution >= 0.6 is 11.3 Å². The standard InChI is InChI=1S/C12H13N3O3S/c1-17-9-4-3-8(5-10(9)18-2)6-13-15-12-14-11(16)7-19-12/h3-7,16H,1-2H3,(H,14,15)/b13-6+. The zero-order valence-corrected chi connectivity index (χ0v) is 11.3. The Bertz CT molecular complexity index is 583. The van der Waals surface area contributed by atoms with Crippen LogP contribution in [0.25, 0.3) is 0 Å². The molecule has 0 aliphatic carbocycles. The summed E-state index contributed by atoms with van der Waals surface area (Å²) in [6.45, 7) is 0. The SMILES string of the molecule is COc1ccc(/C=N/Nc2nc(O)cs2)cc1OC. The average Bonchev–Trinajstić information content (AvgIpc) is 2.84. The van der Waals surface area contributed by atoms with E-state index in [1.807, 2.05) is 12.1 Å². The lowest BCUT2D eigenvalue weighted by Gasteiger charge is -2.07. The molecule has 2 rings (SSSR count). The summed E-state index contributed by atoms with van der Waals surface area (Å²) in [5.41, 5.74) is 3.58. The number of aromatic hydroxyl groups is 1. The molecule has 0 radical (unpaired) electrons. The van der Waals surface area contributed by atoms with Crippen LogP contribution in [-0.2, 0) is 0 Å². The van der Waals surface area contributed by atoms with Crippen LogP contribution in [0.3, 0.4) is 0 Å². The first-order chi connectivity index (χ1) is 9.22. The first-order valence-electron chi connectivity index (χ1n) is 5.38. The Morgan fingerprint density at radius 2 is 2.11 bits per heavy atom. The molecule has 1 heterocycles. The molecule has 1 aromatic heterocycles. The highest BCUT2D eigenvalue weighted by Crippen LogP contribution is 2.27. The molecule has 0 aliphatic rings. The number of methoxy groups -OCH3 is 2. The van der Waals surface area contributed by atoms with E-state index in [2.05, 4.69) is 15.5 Å². The third-order valence-corrected chi connectivity index (χ3v) is 3.01. The minimum absolute atomic E-state index is 0.0196. The van der Waals surface area contributed by atoms with Crippen LogP contribution in [0.1, 0.15) is 5.56 Å². The van der Waals surface area contributed by atoms with Crippen LogP contribution < -0.4 is 14.9 Å². The fourth-order valence-corrected chi connectivity index (χ4v) is 1.93. The Hall–Kier alpha value is -2.28. The van der Waals surface area contributed by atoms with Crippen LogP contribution in [0, 0.1) is 0 Å². The summed E-state index contributed by atoms with van der Waals surface area (Å²) in [6, 6.07) is 5.46. The van der Waals surface area contributed by atoms with Crippen molar-refractivity contribution >= 4 is 22.7 Å². The predicted octanol–water partition coefficient (Wildman–Crippen LogP) is 2.31. The van der Waals surface area contributed by atoms with Crippen molar-refractivity contribution in [2.75, 3.05) is 19.6 Å². The zero-order valence-electron chi connectivity index (χ0n) is 10.5. The molecule has 100 valence electrons. The molecule has 0 saturated heterocycles. The molecule has 2 N–H and O–H groups in total. The molecular weight excluding hydrogens is 266 g/mol. The first kappa shape index (κ1) is 13.2. The molecule has 0 fully saturated rings. The molecule has 0 saturated carbocycles. The van der Waals surface area contributed by atoms with Gasteiger partial charge < -0.3 is 14.6 Å². The monoisotopic (exact) mass is 279 g/mol. The van der Waals surface area contributed by atoms with E-state index in [9.17, 15) is 0 Å². The molecule has 1 aromatic carbocycles. The third kappa shape index (κ3) is 3.35. The highest BCUT2D eigenvalue weighted by molar-refractivity contribution is 7.13. The van der Waals surface area contributed by atoms with Crippen molar-refractivity contribution in [2.24, 2.45) is 5.10 Å². The maximum atomic E-state index is 9.07. The summed E-state index contributed by atoms with van der Waals surface area (Å²) >= 11 is 1.27. The Balaban J connectivity index is 2.06. The summed E-state index contributed by atoms with van der Waals surface area (Å²) < 4.78 is 10.3. The highest BCUT2D eigenvalue weighted by atomic mass is 32.1. The number of thiazole rings is 1. The molecular formula is C12H13N3O3S. The molecule has 0 bridgehead atoms. The van der Waals surface area contributed by atoms with Crippen LogP contribution in [0.15, 0.2) is 28.7 Å². The lowest BCUT2D eigenvalue weighted by atomic mass is 10.2. The molecule has 0 aliphatic heterocycles. The first-order valence-corrected chi connectivity index (χ1v) is 6.26. The van der Waals surface area contributed by atoms with Gasteiger partial charge in [0.05, 0.1) is 25.8 Å². The summed E-state index contributed by atoms with van der Waals surface area (Å²) in [4.78, 5) is 3.81. The Morgan fingerprint density at radius 1 is 1.32 bits per heavy atom. The summed E-state index contributed by atoms with van der Waals surface area (Å²) in [7, 11) is 3.16. The van der Waals surface area contributed by atoms with Crippen LogP contribution in [0.2, 0.25) is 0 Å². The number of hydrogen-bond donors (Lipinski definition) is 2. The topological polar surface area (TPSA) is 76.0 Å². The number of aromatic nitrogens is 1. The minimum atomic E-state index is -0.0196. The van der Waals surface area contributed by atoms with Crippen molar-refractivity contribution in [3.63, 3.8) is 0 Å². The van der Waals surface area contributed by atoms with Gasteiger partial charge in [-0.3, -0.25) is 5.43 Å². The summed E-state index contributed by atoms with van der Waals surface area (Å²) in [6.07, 6.45) is 1.63. The van der Waals surface area contributed by atoms with Gasteiger partial charge in [-0.1, -0.05) is 11.3 Å². The Labute approximate surface area is 114 Å². The van der Waals surface area contributed by atoms with Gasteiger partial charge in [-0.25, -0.2) is 0 Å². The van der Waals surface area contributed by atoms with Gasteiger partial charge in [0.25, 0.3) is 0 Å². The normalized spacial score (nSPS) is 10.6. The van der Waals surface area contributed by atoms with Gasteiger partial charge in [0.15, 0.2) is 11.5 Å². The Morgan fingerprint density at radius 3 is 2.74 bits per heavy atom. The molecule has 0 atom stereocenters. The predicted molar refractivity (Wildman–Crippen MR) is 74.5 cm³/mol. The van der Waals surface area contributed by atoms with Crippen LogP contribution in [0.4, 0.5) is 5.13 Å². The Kier molecular flexibility index (Phi) is 4.19. The summed E-state index contributed by atoms with van der Waals surface area (Å²) in [5, 5.41) is 15.1. The van der Waals surface area contributed by atoms with Crippen molar-refractivity contribution in [3.05, 3.63) is 29.1 Å². The van der Waals surface area contributed by atoms with Crippen molar-refractivity contribution < 1.29 is 14.6 Å². The van der Waals surface area contributed by atoms with Gasteiger partial charge in [-0.05, 0) is 23.8 Å². The second-order valence-electron chi connectivity index (χ2n) is 3.50. The smallest absolute Gasteiger partial charge is 0.223 e. The third-order valence-electron chi connectivity index (χ3n) is 2.27. The summed E-state index contributed by atoms with van der Waals surface area (Å²) in [5.74, 6) is 1.28. The van der Waals surface area contributed by atoms with Crippen LogP contribution in [-0.4, -0.2) is 30.5 Å². The van der Waals surface area contributed by atoms with E-state index in [0.29, 0.717) is 16.6 Å². The van der Waals surface area contributed by atoms with Gasteiger partial charge in [-0.15, -0.1) is 0 Å². The molecule has 0 unspecified atom stereocenters. The second kappa shape index (κ2) is 6.05. The van der Waals surface area contributed by atoms with Crippen molar-refractivity contribution in [3.8, 4) is 17.4 Å². The maximum absolute atomic E-state index is 9.07. The van der Waals surface area contributed by atoms with E-state index in [4.69, 9.17) is 14.6 Å². The van der Waals surface area contributed by atoms with Crippen molar-refractivity contribution in [1.82, 2.24) is 4.98 Å². The van der Waals surface area contributed by atoms with E-state index >= 15 is 0 Å². The molecule has 6 nitrogen and oxygen atoms in total. The van der Waals surface area contributed by atoms with Crippen LogP contribution in [0.5, 0.6) is 17.4 Å². The largest absolute Gasteiger partial charge is 0.493 e. The number of nitrogens with one attached hydrogen (secondary N) is 1. The molecule has 19 heavy (non-hydrogen) atoms. The van der Waals surface area contributed by atoms with Gasteiger partial charge >= 0.3 is 0 Å². The highest BCUT2D eigenvalue weighted by Gasteiger charge is 2.03. The van der Waals surface area contributed by atoms with Gasteiger partial charge in [0, 0.05) is 0 Å². The van der Waals surface area contributed by atoms with Crippen molar-refractivity contribution in [2.45, 2.75) is 0 Å².